The molecule has 1 aliphatic heterocycles. The molecule has 4 heteroatoms. The number of rotatable bonds is 4. The largest absolute Gasteiger partial charge is 0.398 e. The Bertz CT molecular complexity index is 453. The lowest BCUT2D eigenvalue weighted by molar-refractivity contribution is 0.173. The van der Waals surface area contributed by atoms with Crippen molar-refractivity contribution in [2.75, 3.05) is 31.9 Å². The summed E-state index contributed by atoms with van der Waals surface area (Å²) in [5.41, 5.74) is 9.25. The first kappa shape index (κ1) is 14.4. The number of nitrogens with zero attached hydrogens (tertiary/aromatic N) is 1. The maximum atomic E-state index is 6.14. The third-order valence-electron chi connectivity index (χ3n) is 3.54. The Morgan fingerprint density at radius 1 is 1.47 bits per heavy atom. The quantitative estimate of drug-likeness (QED) is 0.658. The van der Waals surface area contributed by atoms with Gasteiger partial charge in [-0.05, 0) is 37.1 Å². The molecule has 0 saturated carbocycles. The molecule has 1 fully saturated rings. The van der Waals surface area contributed by atoms with Crippen molar-refractivity contribution in [3.8, 4) is 0 Å². The van der Waals surface area contributed by atoms with Gasteiger partial charge in [0.2, 0.25) is 0 Å². The minimum Gasteiger partial charge on any atom is -0.398 e. The van der Waals surface area contributed by atoms with Crippen LogP contribution in [0.15, 0.2) is 30.4 Å². The molecule has 1 aromatic carbocycles. The molecule has 1 aromatic rings. The fourth-order valence-electron chi connectivity index (χ4n) is 2.59. The fraction of sp³-hybridized carbons (Fsp3) is 0.467. The van der Waals surface area contributed by atoms with E-state index in [4.69, 9.17) is 17.3 Å². The summed E-state index contributed by atoms with van der Waals surface area (Å²) in [6.45, 7) is 10.2. The predicted molar refractivity (Wildman–Crippen MR) is 82.5 cm³/mol. The SMILES string of the molecule is C=C(C)C[C@H](c1cc(Cl)ccc1N)N1CCNCC1. The summed E-state index contributed by atoms with van der Waals surface area (Å²) in [5, 5.41) is 4.12. The second-order valence-electron chi connectivity index (χ2n) is 5.24. The van der Waals surface area contributed by atoms with Gasteiger partial charge < -0.3 is 11.1 Å². The van der Waals surface area contributed by atoms with E-state index in [1.165, 1.54) is 5.57 Å². The van der Waals surface area contributed by atoms with Crippen molar-refractivity contribution in [2.24, 2.45) is 0 Å². The molecule has 1 saturated heterocycles. The van der Waals surface area contributed by atoms with Gasteiger partial charge in [0.25, 0.3) is 0 Å². The van der Waals surface area contributed by atoms with Gasteiger partial charge in [-0.3, -0.25) is 4.90 Å². The van der Waals surface area contributed by atoms with Crippen LogP contribution in [0.4, 0.5) is 5.69 Å². The standard InChI is InChI=1S/C15H22ClN3/c1-11(2)9-15(19-7-5-18-6-8-19)13-10-12(16)3-4-14(13)17/h3-4,10,15,18H,1,5-9,17H2,2H3/t15-/m1/s1. The zero-order chi connectivity index (χ0) is 13.8. The van der Waals surface area contributed by atoms with Crippen LogP contribution in [0.3, 0.4) is 0 Å². The van der Waals surface area contributed by atoms with E-state index in [0.29, 0.717) is 0 Å². The van der Waals surface area contributed by atoms with Crippen molar-refractivity contribution >= 4 is 17.3 Å². The Kier molecular flexibility index (Phi) is 4.86. The van der Waals surface area contributed by atoms with E-state index in [1.54, 1.807) is 0 Å². The molecule has 0 aliphatic carbocycles. The summed E-state index contributed by atoms with van der Waals surface area (Å²) >= 11 is 6.13. The van der Waals surface area contributed by atoms with Gasteiger partial charge in [-0.1, -0.05) is 17.2 Å². The topological polar surface area (TPSA) is 41.3 Å². The number of nitrogens with two attached hydrogens (primary N) is 1. The van der Waals surface area contributed by atoms with E-state index < -0.39 is 0 Å². The molecule has 1 atom stereocenters. The highest BCUT2D eigenvalue weighted by molar-refractivity contribution is 6.30. The van der Waals surface area contributed by atoms with Gasteiger partial charge in [0.05, 0.1) is 0 Å². The molecule has 0 aromatic heterocycles. The average molecular weight is 280 g/mol. The van der Waals surface area contributed by atoms with Crippen LogP contribution in [0, 0.1) is 0 Å². The Morgan fingerprint density at radius 2 is 2.16 bits per heavy atom. The van der Waals surface area contributed by atoms with E-state index in [1.807, 2.05) is 18.2 Å². The molecule has 104 valence electrons. The normalized spacial score (nSPS) is 18.2. The summed E-state index contributed by atoms with van der Waals surface area (Å²) in [6.07, 6.45) is 0.921. The van der Waals surface area contributed by atoms with Crippen molar-refractivity contribution in [1.29, 1.82) is 0 Å². The number of hydrogen-bond donors (Lipinski definition) is 2. The van der Waals surface area contributed by atoms with Crippen LogP contribution < -0.4 is 11.1 Å². The van der Waals surface area contributed by atoms with Crippen LogP contribution in [-0.4, -0.2) is 31.1 Å². The maximum absolute atomic E-state index is 6.14. The third-order valence-corrected chi connectivity index (χ3v) is 3.78. The highest BCUT2D eigenvalue weighted by Gasteiger charge is 2.23. The summed E-state index contributed by atoms with van der Waals surface area (Å²) in [6, 6.07) is 6.01. The molecule has 0 bridgehead atoms. The van der Waals surface area contributed by atoms with E-state index >= 15 is 0 Å². The average Bonchev–Trinajstić information content (AvgIpc) is 2.40. The van der Waals surface area contributed by atoms with Gasteiger partial charge in [0.15, 0.2) is 0 Å². The lowest BCUT2D eigenvalue weighted by atomic mass is 9.96. The lowest BCUT2D eigenvalue weighted by Crippen LogP contribution is -2.45. The second kappa shape index (κ2) is 6.42. The number of piperazine rings is 1. The van der Waals surface area contributed by atoms with Crippen LogP contribution in [-0.2, 0) is 0 Å². The molecule has 0 unspecified atom stereocenters. The number of halogens is 1. The summed E-state index contributed by atoms with van der Waals surface area (Å²) in [4.78, 5) is 2.47. The van der Waals surface area contributed by atoms with E-state index in [2.05, 4.69) is 23.7 Å². The first-order valence-electron chi connectivity index (χ1n) is 6.72. The first-order valence-corrected chi connectivity index (χ1v) is 7.10. The van der Waals surface area contributed by atoms with Gasteiger partial charge in [0, 0.05) is 42.9 Å². The van der Waals surface area contributed by atoms with Crippen molar-refractivity contribution in [1.82, 2.24) is 10.2 Å². The molecular formula is C15H22ClN3. The first-order chi connectivity index (χ1) is 9.08. The van der Waals surface area contributed by atoms with Gasteiger partial charge in [-0.2, -0.15) is 0 Å². The van der Waals surface area contributed by atoms with Crippen molar-refractivity contribution in [2.45, 2.75) is 19.4 Å². The summed E-state index contributed by atoms with van der Waals surface area (Å²) < 4.78 is 0. The molecule has 2 rings (SSSR count). The predicted octanol–water partition coefficient (Wildman–Crippen LogP) is 2.83. The zero-order valence-corrected chi connectivity index (χ0v) is 12.2. The van der Waals surface area contributed by atoms with Gasteiger partial charge in [0.1, 0.15) is 0 Å². The smallest absolute Gasteiger partial charge is 0.0410 e. The summed E-state index contributed by atoms with van der Waals surface area (Å²) in [5.74, 6) is 0. The number of benzene rings is 1. The number of anilines is 1. The minimum absolute atomic E-state index is 0.276. The Morgan fingerprint density at radius 3 is 2.79 bits per heavy atom. The number of nitrogen functional groups attached to an aromatic ring is 1. The van der Waals surface area contributed by atoms with Gasteiger partial charge >= 0.3 is 0 Å². The third kappa shape index (κ3) is 3.72. The van der Waals surface area contributed by atoms with Gasteiger partial charge in [-0.25, -0.2) is 0 Å². The van der Waals surface area contributed by atoms with Crippen molar-refractivity contribution in [3.05, 3.63) is 40.9 Å². The van der Waals surface area contributed by atoms with Crippen molar-refractivity contribution in [3.63, 3.8) is 0 Å². The van der Waals surface area contributed by atoms with Crippen molar-refractivity contribution < 1.29 is 0 Å². The van der Waals surface area contributed by atoms with Gasteiger partial charge in [-0.15, -0.1) is 6.58 Å². The lowest BCUT2D eigenvalue weighted by Gasteiger charge is -2.36. The minimum atomic E-state index is 0.276. The molecule has 0 amide bonds. The molecule has 3 nitrogen and oxygen atoms in total. The second-order valence-corrected chi connectivity index (χ2v) is 5.67. The Balaban J connectivity index is 2.29. The molecule has 0 spiro atoms. The molecular weight excluding hydrogens is 258 g/mol. The van der Waals surface area contributed by atoms with Crippen LogP contribution in [0.5, 0.6) is 0 Å². The maximum Gasteiger partial charge on any atom is 0.0410 e. The van der Waals surface area contributed by atoms with E-state index in [-0.39, 0.29) is 6.04 Å². The van der Waals surface area contributed by atoms with Crippen LogP contribution >= 0.6 is 11.6 Å². The highest BCUT2D eigenvalue weighted by Crippen LogP contribution is 2.33. The number of nitrogens with one attached hydrogen (secondary N) is 1. The highest BCUT2D eigenvalue weighted by atomic mass is 35.5. The Hall–Kier alpha value is -1.03. The number of hydrogen-bond acceptors (Lipinski definition) is 3. The van der Waals surface area contributed by atoms with Crippen LogP contribution in [0.25, 0.3) is 0 Å². The summed E-state index contributed by atoms with van der Waals surface area (Å²) in [7, 11) is 0. The molecule has 3 N–H and O–H groups in total. The van der Waals surface area contributed by atoms with E-state index in [9.17, 15) is 0 Å². The molecule has 1 heterocycles. The van der Waals surface area contributed by atoms with E-state index in [0.717, 1.165) is 48.9 Å². The molecule has 0 radical (unpaired) electrons. The molecule has 19 heavy (non-hydrogen) atoms. The molecule has 1 aliphatic rings. The fourth-order valence-corrected chi connectivity index (χ4v) is 2.77. The Labute approximate surface area is 120 Å². The monoisotopic (exact) mass is 279 g/mol. The zero-order valence-electron chi connectivity index (χ0n) is 11.5. The van der Waals surface area contributed by atoms with Crippen LogP contribution in [0.2, 0.25) is 5.02 Å². The van der Waals surface area contributed by atoms with Crippen LogP contribution in [0.1, 0.15) is 24.9 Å².